The summed E-state index contributed by atoms with van der Waals surface area (Å²) in [6, 6.07) is 12.9. The normalized spacial score (nSPS) is 16.6. The highest BCUT2D eigenvalue weighted by molar-refractivity contribution is 5.54. The summed E-state index contributed by atoms with van der Waals surface area (Å²) in [7, 11) is 0. The van der Waals surface area contributed by atoms with Crippen LogP contribution < -0.4 is 10.2 Å². The smallest absolute Gasteiger partial charge is 0.120 e. The number of hydrogen-bond donors (Lipinski definition) is 1. The first-order valence-corrected chi connectivity index (χ1v) is 7.44. The zero-order chi connectivity index (χ0) is 13.8. The average molecular weight is 270 g/mol. The molecule has 1 aromatic heterocycles. The molecule has 1 aliphatic rings. The molecule has 20 heavy (non-hydrogen) atoms. The summed E-state index contributed by atoms with van der Waals surface area (Å²) in [5.74, 6) is 0.989. The van der Waals surface area contributed by atoms with E-state index in [0.717, 1.165) is 12.3 Å². The van der Waals surface area contributed by atoms with Crippen LogP contribution in [0.3, 0.4) is 0 Å². The van der Waals surface area contributed by atoms with E-state index < -0.39 is 0 Å². The van der Waals surface area contributed by atoms with Crippen LogP contribution >= 0.6 is 0 Å². The monoisotopic (exact) mass is 270 g/mol. The van der Waals surface area contributed by atoms with Crippen molar-refractivity contribution in [2.75, 3.05) is 18.0 Å². The quantitative estimate of drug-likeness (QED) is 0.897. The van der Waals surface area contributed by atoms with Crippen molar-refractivity contribution in [2.24, 2.45) is 0 Å². The maximum absolute atomic E-state index is 5.44. The molecule has 0 amide bonds. The van der Waals surface area contributed by atoms with Crippen LogP contribution in [-0.2, 0) is 6.54 Å². The minimum absolute atomic E-state index is 0.233. The lowest BCUT2D eigenvalue weighted by Crippen LogP contribution is -2.23. The number of furan rings is 1. The zero-order valence-corrected chi connectivity index (χ0v) is 12.0. The molecule has 0 bridgehead atoms. The van der Waals surface area contributed by atoms with E-state index in [-0.39, 0.29) is 6.04 Å². The highest BCUT2D eigenvalue weighted by atomic mass is 16.3. The van der Waals surface area contributed by atoms with Crippen molar-refractivity contribution in [1.29, 1.82) is 0 Å². The molecule has 3 heteroatoms. The Labute approximate surface area is 120 Å². The number of benzene rings is 1. The van der Waals surface area contributed by atoms with E-state index in [4.69, 9.17) is 4.42 Å². The van der Waals surface area contributed by atoms with Gasteiger partial charge in [0, 0.05) is 25.3 Å². The molecule has 3 rings (SSSR count). The van der Waals surface area contributed by atoms with Gasteiger partial charge >= 0.3 is 0 Å². The SMILES string of the molecule is CC(NCc1ccccc1N1CCCC1)c1ccco1. The average Bonchev–Trinajstić information content (AvgIpc) is 3.17. The van der Waals surface area contributed by atoms with Crippen LogP contribution in [-0.4, -0.2) is 13.1 Å². The first-order valence-electron chi connectivity index (χ1n) is 7.44. The van der Waals surface area contributed by atoms with Crippen LogP contribution in [0, 0.1) is 0 Å². The first-order chi connectivity index (χ1) is 9.84. The number of nitrogens with one attached hydrogen (secondary N) is 1. The van der Waals surface area contributed by atoms with Gasteiger partial charge in [0.1, 0.15) is 5.76 Å². The van der Waals surface area contributed by atoms with Gasteiger partial charge in [-0.25, -0.2) is 0 Å². The third-order valence-corrected chi connectivity index (χ3v) is 4.01. The molecule has 1 saturated heterocycles. The van der Waals surface area contributed by atoms with Crippen LogP contribution in [0.25, 0.3) is 0 Å². The Morgan fingerprint density at radius 2 is 1.95 bits per heavy atom. The topological polar surface area (TPSA) is 28.4 Å². The zero-order valence-electron chi connectivity index (χ0n) is 12.0. The van der Waals surface area contributed by atoms with E-state index in [1.54, 1.807) is 6.26 Å². The maximum Gasteiger partial charge on any atom is 0.120 e. The minimum Gasteiger partial charge on any atom is -0.468 e. The third-order valence-electron chi connectivity index (χ3n) is 4.01. The summed E-state index contributed by atoms with van der Waals surface area (Å²) in [4.78, 5) is 2.49. The highest BCUT2D eigenvalue weighted by Crippen LogP contribution is 2.25. The Kier molecular flexibility index (Phi) is 4.07. The van der Waals surface area contributed by atoms with E-state index >= 15 is 0 Å². The second-order valence-corrected chi connectivity index (χ2v) is 5.44. The number of anilines is 1. The van der Waals surface area contributed by atoms with Crippen molar-refractivity contribution in [3.8, 4) is 0 Å². The maximum atomic E-state index is 5.44. The lowest BCUT2D eigenvalue weighted by atomic mass is 10.1. The molecule has 0 spiro atoms. The van der Waals surface area contributed by atoms with Gasteiger partial charge in [-0.1, -0.05) is 18.2 Å². The minimum atomic E-state index is 0.233. The fraction of sp³-hybridized carbons (Fsp3) is 0.412. The van der Waals surface area contributed by atoms with E-state index in [0.29, 0.717) is 0 Å². The molecule has 0 radical (unpaired) electrons. The summed E-state index contributed by atoms with van der Waals surface area (Å²) in [6.45, 7) is 5.38. The van der Waals surface area contributed by atoms with E-state index in [1.165, 1.54) is 37.2 Å². The largest absolute Gasteiger partial charge is 0.468 e. The van der Waals surface area contributed by atoms with Gasteiger partial charge in [0.2, 0.25) is 0 Å². The molecular weight excluding hydrogens is 248 g/mol. The van der Waals surface area contributed by atoms with Crippen LogP contribution in [0.4, 0.5) is 5.69 Å². The van der Waals surface area contributed by atoms with Gasteiger partial charge in [0.05, 0.1) is 12.3 Å². The first kappa shape index (κ1) is 13.3. The molecule has 2 aromatic rings. The standard InChI is InChI=1S/C17H22N2O/c1-14(17-9-6-12-20-17)18-13-15-7-2-3-8-16(15)19-10-4-5-11-19/h2-3,6-9,12,14,18H,4-5,10-11,13H2,1H3. The van der Waals surface area contributed by atoms with Gasteiger partial charge in [-0.2, -0.15) is 0 Å². The Hall–Kier alpha value is -1.74. The molecule has 1 unspecified atom stereocenters. The number of rotatable bonds is 5. The van der Waals surface area contributed by atoms with Crippen LogP contribution in [0.1, 0.15) is 37.1 Å². The van der Waals surface area contributed by atoms with Gasteiger partial charge < -0.3 is 14.6 Å². The second kappa shape index (κ2) is 6.14. The van der Waals surface area contributed by atoms with E-state index in [9.17, 15) is 0 Å². The Balaban J connectivity index is 1.68. The molecule has 1 aromatic carbocycles. The van der Waals surface area contributed by atoms with Gasteiger partial charge in [-0.05, 0) is 43.5 Å². The summed E-state index contributed by atoms with van der Waals surface area (Å²) >= 11 is 0. The fourth-order valence-corrected chi connectivity index (χ4v) is 2.83. The Bertz CT molecular complexity index is 530. The summed E-state index contributed by atoms with van der Waals surface area (Å²) < 4.78 is 5.44. The molecule has 1 fully saturated rings. The van der Waals surface area contributed by atoms with Gasteiger partial charge in [-0.15, -0.1) is 0 Å². The highest BCUT2D eigenvalue weighted by Gasteiger charge is 2.16. The molecule has 0 saturated carbocycles. The molecule has 106 valence electrons. The van der Waals surface area contributed by atoms with Crippen LogP contribution in [0.2, 0.25) is 0 Å². The van der Waals surface area contributed by atoms with Crippen molar-refractivity contribution in [3.63, 3.8) is 0 Å². The Morgan fingerprint density at radius 1 is 1.15 bits per heavy atom. The van der Waals surface area contributed by atoms with Crippen molar-refractivity contribution in [1.82, 2.24) is 5.32 Å². The molecule has 2 heterocycles. The molecule has 1 aliphatic heterocycles. The lowest BCUT2D eigenvalue weighted by Gasteiger charge is -2.22. The van der Waals surface area contributed by atoms with E-state index in [1.807, 2.05) is 12.1 Å². The fourth-order valence-electron chi connectivity index (χ4n) is 2.83. The van der Waals surface area contributed by atoms with Crippen molar-refractivity contribution < 1.29 is 4.42 Å². The molecule has 0 aliphatic carbocycles. The van der Waals surface area contributed by atoms with E-state index in [2.05, 4.69) is 41.4 Å². The van der Waals surface area contributed by atoms with Crippen molar-refractivity contribution >= 4 is 5.69 Å². The summed E-state index contributed by atoms with van der Waals surface area (Å²) in [5, 5.41) is 3.54. The number of para-hydroxylation sites is 1. The lowest BCUT2D eigenvalue weighted by molar-refractivity contribution is 0.430. The summed E-state index contributed by atoms with van der Waals surface area (Å²) in [5.41, 5.74) is 2.75. The third kappa shape index (κ3) is 2.88. The van der Waals surface area contributed by atoms with Gasteiger partial charge in [0.25, 0.3) is 0 Å². The molecule has 1 N–H and O–H groups in total. The predicted molar refractivity (Wildman–Crippen MR) is 81.9 cm³/mol. The van der Waals surface area contributed by atoms with Crippen LogP contribution in [0.5, 0.6) is 0 Å². The predicted octanol–water partition coefficient (Wildman–Crippen LogP) is 3.73. The Morgan fingerprint density at radius 3 is 2.70 bits per heavy atom. The van der Waals surface area contributed by atoms with Crippen molar-refractivity contribution in [2.45, 2.75) is 32.4 Å². The second-order valence-electron chi connectivity index (χ2n) is 5.44. The summed E-state index contributed by atoms with van der Waals surface area (Å²) in [6.07, 6.45) is 4.35. The molecule has 1 atom stereocenters. The number of nitrogens with zero attached hydrogens (tertiary/aromatic N) is 1. The molecule has 3 nitrogen and oxygen atoms in total. The van der Waals surface area contributed by atoms with Gasteiger partial charge in [-0.3, -0.25) is 0 Å². The van der Waals surface area contributed by atoms with Crippen LogP contribution in [0.15, 0.2) is 47.1 Å². The van der Waals surface area contributed by atoms with Gasteiger partial charge in [0.15, 0.2) is 0 Å². The molecular formula is C17H22N2O. The number of hydrogen-bond acceptors (Lipinski definition) is 3. The van der Waals surface area contributed by atoms with Crippen molar-refractivity contribution in [3.05, 3.63) is 54.0 Å².